The summed E-state index contributed by atoms with van der Waals surface area (Å²) >= 11 is 4.97. The maximum Gasteiger partial charge on any atom is 0.329 e. The van der Waals surface area contributed by atoms with Crippen molar-refractivity contribution in [3.05, 3.63) is 50.9 Å². The number of hydrogen-bond donors (Lipinski definition) is 0. The highest BCUT2D eigenvalue weighted by molar-refractivity contribution is 9.10. The Labute approximate surface area is 199 Å². The lowest BCUT2D eigenvalue weighted by molar-refractivity contribution is -0.156. The Hall–Kier alpha value is -2.39. The Morgan fingerprint density at radius 2 is 2.00 bits per heavy atom. The summed E-state index contributed by atoms with van der Waals surface area (Å²) in [6.45, 7) is 6.72. The number of anilines is 1. The molecule has 1 aromatic carbocycles. The van der Waals surface area contributed by atoms with Gasteiger partial charge in [0.15, 0.2) is 5.13 Å². The molecule has 2 aromatic heterocycles. The number of pyridine rings is 1. The van der Waals surface area contributed by atoms with Crippen LogP contribution in [0.25, 0.3) is 10.2 Å². The largest absolute Gasteiger partial charge is 0.497 e. The van der Waals surface area contributed by atoms with Crippen molar-refractivity contribution in [2.45, 2.75) is 51.8 Å². The van der Waals surface area contributed by atoms with Gasteiger partial charge in [0, 0.05) is 6.54 Å². The van der Waals surface area contributed by atoms with Gasteiger partial charge in [-0.25, -0.2) is 9.78 Å². The van der Waals surface area contributed by atoms with Crippen LogP contribution in [0.1, 0.15) is 39.2 Å². The average Bonchev–Trinajstić information content (AvgIpc) is 3.37. The molecule has 0 amide bonds. The first-order valence-corrected chi connectivity index (χ1v) is 12.1. The number of carbonyl (C=O) groups excluding carboxylic acids is 1. The molecule has 1 aliphatic rings. The number of carbonyl (C=O) groups is 1. The second-order valence-electron chi connectivity index (χ2n) is 8.80. The van der Waals surface area contributed by atoms with E-state index in [1.807, 2.05) is 56.0 Å². The summed E-state index contributed by atoms with van der Waals surface area (Å²) in [7, 11) is 1.62. The zero-order chi connectivity index (χ0) is 23.0. The van der Waals surface area contributed by atoms with Crippen molar-refractivity contribution in [2.24, 2.45) is 0 Å². The fourth-order valence-corrected chi connectivity index (χ4v) is 5.51. The van der Waals surface area contributed by atoms with E-state index in [1.165, 1.54) is 11.3 Å². The van der Waals surface area contributed by atoms with E-state index in [0.717, 1.165) is 28.9 Å². The molecule has 0 spiro atoms. The number of hydrogen-bond acceptors (Lipinski definition) is 7. The van der Waals surface area contributed by atoms with Crippen LogP contribution in [0.2, 0.25) is 0 Å². The number of fused-ring (bicyclic) bond motifs is 1. The maximum atomic E-state index is 13.3. The summed E-state index contributed by atoms with van der Waals surface area (Å²) in [5, 5.41) is 0.680. The van der Waals surface area contributed by atoms with E-state index in [4.69, 9.17) is 9.47 Å². The molecule has 1 saturated heterocycles. The third kappa shape index (κ3) is 4.68. The molecule has 0 saturated carbocycles. The van der Waals surface area contributed by atoms with Crippen molar-refractivity contribution in [1.82, 2.24) is 9.55 Å². The van der Waals surface area contributed by atoms with Gasteiger partial charge in [0.05, 0.1) is 23.0 Å². The van der Waals surface area contributed by atoms with Gasteiger partial charge in [-0.1, -0.05) is 23.5 Å². The molecular formula is C23H26BrN3O4S. The number of aromatic nitrogens is 2. The Morgan fingerprint density at radius 1 is 1.28 bits per heavy atom. The van der Waals surface area contributed by atoms with Crippen LogP contribution in [0.5, 0.6) is 5.75 Å². The number of halogens is 1. The SMILES string of the molecule is COc1ccc(Cn2c(Br)cc3sc(N4CCC[C@@H]4C(=O)OC(C)(C)C)nc3c2=O)cc1. The summed E-state index contributed by atoms with van der Waals surface area (Å²) in [6, 6.07) is 9.16. The van der Waals surface area contributed by atoms with Crippen LogP contribution in [0.4, 0.5) is 5.13 Å². The molecule has 4 rings (SSSR count). The van der Waals surface area contributed by atoms with Crippen LogP contribution >= 0.6 is 27.3 Å². The average molecular weight is 520 g/mol. The summed E-state index contributed by atoms with van der Waals surface area (Å²) in [5.74, 6) is 0.525. The highest BCUT2D eigenvalue weighted by Gasteiger charge is 2.36. The van der Waals surface area contributed by atoms with E-state index in [0.29, 0.717) is 28.3 Å². The Balaban J connectivity index is 1.65. The third-order valence-electron chi connectivity index (χ3n) is 5.27. The minimum Gasteiger partial charge on any atom is -0.497 e. The predicted molar refractivity (Wildman–Crippen MR) is 130 cm³/mol. The number of methoxy groups -OCH3 is 1. The van der Waals surface area contributed by atoms with Crippen LogP contribution in [-0.4, -0.2) is 40.8 Å². The van der Waals surface area contributed by atoms with Crippen molar-refractivity contribution < 1.29 is 14.3 Å². The van der Waals surface area contributed by atoms with E-state index in [9.17, 15) is 9.59 Å². The molecule has 0 bridgehead atoms. The Morgan fingerprint density at radius 3 is 2.66 bits per heavy atom. The second-order valence-corrected chi connectivity index (χ2v) is 10.6. The molecule has 0 unspecified atom stereocenters. The zero-order valence-electron chi connectivity index (χ0n) is 18.6. The van der Waals surface area contributed by atoms with Crippen molar-refractivity contribution >= 4 is 48.6 Å². The van der Waals surface area contributed by atoms with Crippen LogP contribution in [-0.2, 0) is 16.1 Å². The van der Waals surface area contributed by atoms with E-state index in [1.54, 1.807) is 11.7 Å². The molecule has 3 heterocycles. The van der Waals surface area contributed by atoms with Crippen molar-refractivity contribution in [1.29, 1.82) is 0 Å². The van der Waals surface area contributed by atoms with Crippen LogP contribution < -0.4 is 15.2 Å². The first-order chi connectivity index (χ1) is 15.2. The monoisotopic (exact) mass is 519 g/mol. The molecule has 0 N–H and O–H groups in total. The molecule has 3 aromatic rings. The van der Waals surface area contributed by atoms with Crippen molar-refractivity contribution in [3.8, 4) is 5.75 Å². The number of ether oxygens (including phenoxy) is 2. The molecule has 7 nitrogen and oxygen atoms in total. The molecule has 170 valence electrons. The Kier molecular flexibility index (Phi) is 6.31. The van der Waals surface area contributed by atoms with Gasteiger partial charge in [-0.2, -0.15) is 0 Å². The first kappa shape index (κ1) is 22.8. The molecule has 1 atom stereocenters. The first-order valence-electron chi connectivity index (χ1n) is 10.5. The highest BCUT2D eigenvalue weighted by Crippen LogP contribution is 2.34. The van der Waals surface area contributed by atoms with Crippen LogP contribution in [0.15, 0.2) is 39.7 Å². The van der Waals surface area contributed by atoms with Gasteiger partial charge in [-0.15, -0.1) is 0 Å². The van der Waals surface area contributed by atoms with Gasteiger partial charge >= 0.3 is 5.97 Å². The van der Waals surface area contributed by atoms with Gasteiger partial charge in [0.1, 0.15) is 22.9 Å². The minimum absolute atomic E-state index is 0.166. The van der Waals surface area contributed by atoms with Crippen molar-refractivity contribution in [2.75, 3.05) is 18.6 Å². The number of thiazole rings is 1. The van der Waals surface area contributed by atoms with Crippen molar-refractivity contribution in [3.63, 3.8) is 0 Å². The molecule has 0 aliphatic carbocycles. The summed E-state index contributed by atoms with van der Waals surface area (Å²) in [5.41, 5.74) is 0.684. The molecule has 1 aliphatic heterocycles. The molecule has 1 fully saturated rings. The fraction of sp³-hybridized carbons (Fsp3) is 0.435. The summed E-state index contributed by atoms with van der Waals surface area (Å²) in [4.78, 5) is 32.6. The fourth-order valence-electron chi connectivity index (χ4n) is 3.78. The van der Waals surface area contributed by atoms with Gasteiger partial charge in [-0.3, -0.25) is 9.36 Å². The molecule has 0 radical (unpaired) electrons. The normalized spacial score (nSPS) is 16.5. The lowest BCUT2D eigenvalue weighted by atomic mass is 10.1. The summed E-state index contributed by atoms with van der Waals surface area (Å²) < 4.78 is 13.9. The number of nitrogens with zero attached hydrogens (tertiary/aromatic N) is 3. The lowest BCUT2D eigenvalue weighted by Gasteiger charge is -2.27. The Bertz CT molecular complexity index is 1200. The van der Waals surface area contributed by atoms with Gasteiger partial charge < -0.3 is 14.4 Å². The third-order valence-corrected chi connectivity index (χ3v) is 6.97. The topological polar surface area (TPSA) is 73.7 Å². The second kappa shape index (κ2) is 8.86. The van der Waals surface area contributed by atoms with E-state index < -0.39 is 5.60 Å². The predicted octanol–water partition coefficient (Wildman–Crippen LogP) is 4.59. The van der Waals surface area contributed by atoms with Gasteiger partial charge in [-0.05, 0) is 73.3 Å². The van der Waals surface area contributed by atoms with Crippen LogP contribution in [0.3, 0.4) is 0 Å². The summed E-state index contributed by atoms with van der Waals surface area (Å²) in [6.07, 6.45) is 1.60. The van der Waals surface area contributed by atoms with Crippen LogP contribution in [0, 0.1) is 0 Å². The number of rotatable bonds is 5. The number of benzene rings is 1. The molecule has 32 heavy (non-hydrogen) atoms. The minimum atomic E-state index is -0.543. The number of esters is 1. The van der Waals surface area contributed by atoms with E-state index in [2.05, 4.69) is 20.9 Å². The quantitative estimate of drug-likeness (QED) is 0.362. The molecule has 9 heteroatoms. The molecular weight excluding hydrogens is 494 g/mol. The lowest BCUT2D eigenvalue weighted by Crippen LogP contribution is -2.40. The van der Waals surface area contributed by atoms with Gasteiger partial charge in [0.25, 0.3) is 5.56 Å². The van der Waals surface area contributed by atoms with E-state index >= 15 is 0 Å². The van der Waals surface area contributed by atoms with Gasteiger partial charge in [0.2, 0.25) is 0 Å². The standard InChI is InChI=1S/C23H26BrN3O4S/c1-23(2,3)31-21(29)16-6-5-11-26(16)22-25-19-17(32-22)12-18(24)27(20(19)28)13-14-7-9-15(30-4)10-8-14/h7-10,12,16H,5-6,11,13H2,1-4H3/t16-/m1/s1. The highest BCUT2D eigenvalue weighted by atomic mass is 79.9. The van der Waals surface area contributed by atoms with E-state index in [-0.39, 0.29) is 17.6 Å². The smallest absolute Gasteiger partial charge is 0.329 e. The zero-order valence-corrected chi connectivity index (χ0v) is 21.0. The maximum absolute atomic E-state index is 13.3.